The number of nitrogen functional groups attached to an aromatic ring is 1. The van der Waals surface area contributed by atoms with Crippen molar-refractivity contribution < 1.29 is 14.6 Å². The van der Waals surface area contributed by atoms with Crippen molar-refractivity contribution in [3.8, 4) is 0 Å². The fraction of sp³-hybridized carbons (Fsp3) is 0.500. The summed E-state index contributed by atoms with van der Waals surface area (Å²) in [4.78, 5) is 13.4. The fourth-order valence-electron chi connectivity index (χ4n) is 2.41. The maximum atomic E-state index is 11.1. The average Bonchev–Trinajstić information content (AvgIpc) is 2.39. The molecule has 0 bridgehead atoms. The summed E-state index contributed by atoms with van der Waals surface area (Å²) in [6.07, 6.45) is 1.10. The van der Waals surface area contributed by atoms with Crippen molar-refractivity contribution in [1.29, 1.82) is 0 Å². The quantitative estimate of drug-likeness (QED) is 0.816. The van der Waals surface area contributed by atoms with Gasteiger partial charge in [-0.25, -0.2) is 4.79 Å². The maximum Gasteiger partial charge on any atom is 0.337 e. The van der Waals surface area contributed by atoms with E-state index in [1.54, 1.807) is 12.1 Å². The van der Waals surface area contributed by atoms with Crippen molar-refractivity contribution in [3.05, 3.63) is 23.8 Å². The number of hydrogen-bond acceptors (Lipinski definition) is 4. The number of anilines is 2. The third kappa shape index (κ3) is 2.81. The highest BCUT2D eigenvalue weighted by Gasteiger charge is 2.26. The van der Waals surface area contributed by atoms with E-state index in [1.807, 2.05) is 13.0 Å². The van der Waals surface area contributed by atoms with Gasteiger partial charge < -0.3 is 20.5 Å². The van der Waals surface area contributed by atoms with E-state index in [1.165, 1.54) is 0 Å². The summed E-state index contributed by atoms with van der Waals surface area (Å²) < 4.78 is 5.65. The van der Waals surface area contributed by atoms with Crippen molar-refractivity contribution in [2.75, 3.05) is 23.8 Å². The van der Waals surface area contributed by atoms with Crippen molar-refractivity contribution in [3.63, 3.8) is 0 Å². The Morgan fingerprint density at radius 3 is 2.95 bits per heavy atom. The lowest BCUT2D eigenvalue weighted by Gasteiger charge is -2.40. The second kappa shape index (κ2) is 5.48. The Morgan fingerprint density at radius 2 is 2.32 bits per heavy atom. The van der Waals surface area contributed by atoms with Gasteiger partial charge in [0.25, 0.3) is 0 Å². The zero-order valence-corrected chi connectivity index (χ0v) is 11.3. The lowest BCUT2D eigenvalue weighted by molar-refractivity contribution is 0.0299. The number of carbonyl (C=O) groups is 1. The Morgan fingerprint density at radius 1 is 1.58 bits per heavy atom. The molecule has 1 fully saturated rings. The number of aromatic carboxylic acids is 1. The van der Waals surface area contributed by atoms with Crippen LogP contribution in [0.15, 0.2) is 18.2 Å². The van der Waals surface area contributed by atoms with Crippen molar-refractivity contribution >= 4 is 17.3 Å². The Kier molecular flexibility index (Phi) is 3.95. The molecule has 0 aliphatic carbocycles. The van der Waals surface area contributed by atoms with Crippen molar-refractivity contribution in [2.24, 2.45) is 0 Å². The van der Waals surface area contributed by atoms with Gasteiger partial charge in [-0.1, -0.05) is 6.92 Å². The molecule has 5 heteroatoms. The van der Waals surface area contributed by atoms with Crippen LogP contribution in [0.3, 0.4) is 0 Å². The number of carboxylic acid groups (broad SMARTS) is 1. The summed E-state index contributed by atoms with van der Waals surface area (Å²) in [5.41, 5.74) is 7.04. The third-order valence-corrected chi connectivity index (χ3v) is 3.54. The van der Waals surface area contributed by atoms with Crippen LogP contribution in [0, 0.1) is 0 Å². The van der Waals surface area contributed by atoms with Crippen LogP contribution in [-0.4, -0.2) is 36.4 Å². The minimum Gasteiger partial charge on any atom is -0.478 e. The predicted octanol–water partition coefficient (Wildman–Crippen LogP) is 1.97. The molecule has 2 rings (SSSR count). The largest absolute Gasteiger partial charge is 0.478 e. The van der Waals surface area contributed by atoms with E-state index in [0.717, 1.165) is 18.7 Å². The monoisotopic (exact) mass is 264 g/mol. The van der Waals surface area contributed by atoms with Gasteiger partial charge in [-0.05, 0) is 31.5 Å². The smallest absolute Gasteiger partial charge is 0.337 e. The molecule has 5 nitrogen and oxygen atoms in total. The van der Waals surface area contributed by atoms with Gasteiger partial charge in [0.1, 0.15) is 0 Å². The number of hydrogen-bond donors (Lipinski definition) is 2. The van der Waals surface area contributed by atoms with E-state index in [0.29, 0.717) is 12.3 Å². The SMILES string of the molecule is CCC1COC(C)CN1c1ccc(N)c(C(=O)O)c1. The number of nitrogens with two attached hydrogens (primary N) is 1. The van der Waals surface area contributed by atoms with Crippen LogP contribution in [0.2, 0.25) is 0 Å². The highest BCUT2D eigenvalue weighted by molar-refractivity contribution is 5.94. The molecular formula is C14H20N2O3. The van der Waals surface area contributed by atoms with Crippen LogP contribution in [0.5, 0.6) is 0 Å². The first-order chi connectivity index (χ1) is 9.02. The second-order valence-corrected chi connectivity index (χ2v) is 4.94. The Bertz CT molecular complexity index is 476. The predicted molar refractivity (Wildman–Crippen MR) is 74.7 cm³/mol. The molecule has 0 spiro atoms. The molecule has 0 radical (unpaired) electrons. The third-order valence-electron chi connectivity index (χ3n) is 3.54. The minimum absolute atomic E-state index is 0.147. The van der Waals surface area contributed by atoms with E-state index < -0.39 is 5.97 Å². The Hall–Kier alpha value is -1.75. The fourth-order valence-corrected chi connectivity index (χ4v) is 2.41. The molecule has 19 heavy (non-hydrogen) atoms. The number of morpholine rings is 1. The number of benzene rings is 1. The topological polar surface area (TPSA) is 75.8 Å². The number of ether oxygens (including phenoxy) is 1. The van der Waals surface area contributed by atoms with Gasteiger partial charge in [0.15, 0.2) is 0 Å². The van der Waals surface area contributed by atoms with Crippen LogP contribution in [0.4, 0.5) is 11.4 Å². The zero-order valence-electron chi connectivity index (χ0n) is 11.3. The summed E-state index contributed by atoms with van der Waals surface area (Å²) in [7, 11) is 0. The standard InChI is InChI=1S/C14H20N2O3/c1-3-10-8-19-9(2)7-16(10)11-4-5-13(15)12(6-11)14(17)18/h4-6,9-10H,3,7-8,15H2,1-2H3,(H,17,18). The molecule has 1 aromatic carbocycles. The van der Waals surface area contributed by atoms with Crippen LogP contribution in [0.1, 0.15) is 30.6 Å². The van der Waals surface area contributed by atoms with E-state index in [4.69, 9.17) is 15.6 Å². The summed E-state index contributed by atoms with van der Waals surface area (Å²) in [6.45, 7) is 5.56. The van der Waals surface area contributed by atoms with Crippen molar-refractivity contribution in [1.82, 2.24) is 0 Å². The molecule has 0 aromatic heterocycles. The van der Waals surface area contributed by atoms with E-state index in [-0.39, 0.29) is 17.7 Å². The molecule has 1 saturated heterocycles. The normalized spacial score (nSPS) is 23.4. The Balaban J connectivity index is 2.33. The summed E-state index contributed by atoms with van der Waals surface area (Å²) in [6, 6.07) is 5.47. The van der Waals surface area contributed by atoms with Gasteiger partial charge in [-0.15, -0.1) is 0 Å². The maximum absolute atomic E-state index is 11.1. The highest BCUT2D eigenvalue weighted by Crippen LogP contribution is 2.26. The first-order valence-electron chi connectivity index (χ1n) is 6.54. The lowest BCUT2D eigenvalue weighted by Crippen LogP contribution is -2.48. The Labute approximate surface area is 113 Å². The van der Waals surface area contributed by atoms with Crippen LogP contribution in [-0.2, 0) is 4.74 Å². The molecule has 2 unspecified atom stereocenters. The molecule has 1 aliphatic heterocycles. The van der Waals surface area contributed by atoms with Gasteiger partial charge in [-0.3, -0.25) is 0 Å². The zero-order chi connectivity index (χ0) is 14.0. The summed E-state index contributed by atoms with van der Waals surface area (Å²) >= 11 is 0. The van der Waals surface area contributed by atoms with Gasteiger partial charge >= 0.3 is 5.97 Å². The molecule has 1 aliphatic rings. The van der Waals surface area contributed by atoms with Gasteiger partial charge in [0.2, 0.25) is 0 Å². The first kappa shape index (κ1) is 13.7. The van der Waals surface area contributed by atoms with E-state index in [2.05, 4.69) is 11.8 Å². The number of nitrogens with zero attached hydrogens (tertiary/aromatic N) is 1. The highest BCUT2D eigenvalue weighted by atomic mass is 16.5. The second-order valence-electron chi connectivity index (χ2n) is 4.94. The van der Waals surface area contributed by atoms with Gasteiger partial charge in [0.05, 0.1) is 24.3 Å². The van der Waals surface area contributed by atoms with Crippen LogP contribution in [0.25, 0.3) is 0 Å². The van der Waals surface area contributed by atoms with Crippen LogP contribution < -0.4 is 10.6 Å². The summed E-state index contributed by atoms with van der Waals surface area (Å²) in [5.74, 6) is -0.992. The molecule has 104 valence electrons. The number of carboxylic acids is 1. The molecule has 1 heterocycles. The molecule has 0 amide bonds. The van der Waals surface area contributed by atoms with Gasteiger partial charge in [-0.2, -0.15) is 0 Å². The lowest BCUT2D eigenvalue weighted by atomic mass is 10.1. The van der Waals surface area contributed by atoms with Gasteiger partial charge in [0, 0.05) is 17.9 Å². The molecule has 1 aromatic rings. The van der Waals surface area contributed by atoms with Crippen molar-refractivity contribution in [2.45, 2.75) is 32.4 Å². The van der Waals surface area contributed by atoms with E-state index >= 15 is 0 Å². The first-order valence-corrected chi connectivity index (χ1v) is 6.54. The van der Waals surface area contributed by atoms with E-state index in [9.17, 15) is 4.79 Å². The molecule has 3 N–H and O–H groups in total. The molecule has 2 atom stereocenters. The van der Waals surface area contributed by atoms with Crippen LogP contribution >= 0.6 is 0 Å². The number of rotatable bonds is 3. The molecule has 0 saturated carbocycles. The summed E-state index contributed by atoms with van der Waals surface area (Å²) in [5, 5.41) is 9.14. The molecular weight excluding hydrogens is 244 g/mol. The average molecular weight is 264 g/mol. The minimum atomic E-state index is -0.992.